The average molecular weight is 516 g/mol. The number of fused-ring (bicyclic) bond motifs is 7. The van der Waals surface area contributed by atoms with Gasteiger partial charge in [0.25, 0.3) is 0 Å². The Balaban J connectivity index is 1.46. The van der Waals surface area contributed by atoms with Gasteiger partial charge in [-0.25, -0.2) is 9.98 Å². The van der Waals surface area contributed by atoms with Crippen molar-refractivity contribution in [2.45, 2.75) is 6.42 Å². The fraction of sp³-hybridized carbons (Fsp3) is 0.0571. The SMILES string of the molecule is C=C1/C=C\C=C/CN(c2ccccc2)c2ccc3cc4c5ccccc5n(-c5ncc6c(n5)N=CC6)c4cc3c21. The van der Waals surface area contributed by atoms with Crippen molar-refractivity contribution in [3.63, 3.8) is 0 Å². The van der Waals surface area contributed by atoms with Gasteiger partial charge in [0, 0.05) is 58.7 Å². The standard InChI is InChI=1S/C35H25N5/c1-23-10-4-3-9-19-39(26-11-5-2-6-12-26)31-16-15-24-20-29-27-13-7-8-14-30(27)40(32(29)21-28(24)33(23)31)35-37-22-25-17-18-36-34(25)38-35/h2-16,18,20-22H,1,17,19H2/b9-3-,10-4-. The van der Waals surface area contributed by atoms with E-state index in [-0.39, 0.29) is 0 Å². The zero-order valence-electron chi connectivity index (χ0n) is 21.8. The largest absolute Gasteiger partial charge is 0.337 e. The van der Waals surface area contributed by atoms with E-state index < -0.39 is 0 Å². The maximum Gasteiger partial charge on any atom is 0.236 e. The van der Waals surface area contributed by atoms with E-state index in [1.165, 1.54) is 16.2 Å². The Labute approximate surface area is 231 Å². The van der Waals surface area contributed by atoms with Gasteiger partial charge in [-0.3, -0.25) is 4.57 Å². The number of benzene rings is 4. The molecule has 0 amide bonds. The Kier molecular flexibility index (Phi) is 5.04. The van der Waals surface area contributed by atoms with Gasteiger partial charge in [0.2, 0.25) is 5.95 Å². The highest BCUT2D eigenvalue weighted by molar-refractivity contribution is 6.15. The van der Waals surface area contributed by atoms with Gasteiger partial charge in [0.05, 0.1) is 11.0 Å². The second kappa shape index (κ2) is 8.89. The molecule has 4 aromatic carbocycles. The minimum atomic E-state index is 0.632. The topological polar surface area (TPSA) is 46.3 Å². The second-order valence-electron chi connectivity index (χ2n) is 10.2. The minimum Gasteiger partial charge on any atom is -0.337 e. The van der Waals surface area contributed by atoms with Gasteiger partial charge in [0.15, 0.2) is 5.82 Å². The summed E-state index contributed by atoms with van der Waals surface area (Å²) >= 11 is 0. The highest BCUT2D eigenvalue weighted by Crippen LogP contribution is 2.42. The zero-order chi connectivity index (χ0) is 26.6. The summed E-state index contributed by atoms with van der Waals surface area (Å²) in [5, 5.41) is 4.65. The normalized spacial score (nSPS) is 16.1. The van der Waals surface area contributed by atoms with Crippen LogP contribution in [0.1, 0.15) is 11.1 Å². The maximum absolute atomic E-state index is 4.88. The summed E-state index contributed by atoms with van der Waals surface area (Å²) in [5.74, 6) is 1.38. The third-order valence-corrected chi connectivity index (χ3v) is 7.86. The van der Waals surface area contributed by atoms with Gasteiger partial charge < -0.3 is 4.90 Å². The smallest absolute Gasteiger partial charge is 0.236 e. The highest BCUT2D eigenvalue weighted by atomic mass is 15.2. The summed E-state index contributed by atoms with van der Waals surface area (Å²) in [6.45, 7) is 5.28. The summed E-state index contributed by atoms with van der Waals surface area (Å²) in [6.07, 6.45) is 13.0. The first-order valence-corrected chi connectivity index (χ1v) is 13.5. The molecule has 0 fully saturated rings. The van der Waals surface area contributed by atoms with Crippen LogP contribution in [0.4, 0.5) is 17.2 Å². The number of anilines is 2. The lowest BCUT2D eigenvalue weighted by Crippen LogP contribution is -2.18. The van der Waals surface area contributed by atoms with Crippen LogP contribution in [0.2, 0.25) is 0 Å². The van der Waals surface area contributed by atoms with Crippen LogP contribution in [0.3, 0.4) is 0 Å². The lowest BCUT2D eigenvalue weighted by molar-refractivity contribution is 0.978. The predicted octanol–water partition coefficient (Wildman–Crippen LogP) is 8.26. The summed E-state index contributed by atoms with van der Waals surface area (Å²) in [6, 6.07) is 28.1. The van der Waals surface area contributed by atoms with E-state index in [4.69, 9.17) is 9.97 Å². The molecule has 0 saturated heterocycles. The Bertz CT molecular complexity index is 2080. The molecule has 0 radical (unpaired) electrons. The lowest BCUT2D eigenvalue weighted by Gasteiger charge is -2.27. The fourth-order valence-electron chi connectivity index (χ4n) is 5.99. The maximum atomic E-state index is 4.88. The molecule has 5 heteroatoms. The van der Waals surface area contributed by atoms with Crippen LogP contribution >= 0.6 is 0 Å². The van der Waals surface area contributed by atoms with Crippen molar-refractivity contribution in [1.82, 2.24) is 14.5 Å². The van der Waals surface area contributed by atoms with Gasteiger partial charge in [-0.1, -0.05) is 73.3 Å². The molecular weight excluding hydrogens is 490 g/mol. The monoisotopic (exact) mass is 515 g/mol. The van der Waals surface area contributed by atoms with E-state index in [1.54, 1.807) is 0 Å². The van der Waals surface area contributed by atoms with Gasteiger partial charge in [-0.15, -0.1) is 0 Å². The van der Waals surface area contributed by atoms with Crippen LogP contribution < -0.4 is 4.90 Å². The molecule has 40 heavy (non-hydrogen) atoms. The molecule has 0 N–H and O–H groups in total. The number of allylic oxidation sites excluding steroid dienone is 4. The Hall–Kier alpha value is -5.29. The zero-order valence-corrected chi connectivity index (χ0v) is 21.8. The Morgan fingerprint density at radius 2 is 1.68 bits per heavy atom. The average Bonchev–Trinajstić information content (AvgIpc) is 3.60. The second-order valence-corrected chi connectivity index (χ2v) is 10.2. The molecule has 0 bridgehead atoms. The number of rotatable bonds is 2. The number of aliphatic imine (C=N–C) groups is 1. The number of aromatic nitrogens is 3. The van der Waals surface area contributed by atoms with Gasteiger partial charge in [-0.2, -0.15) is 4.98 Å². The van der Waals surface area contributed by atoms with Crippen LogP contribution in [0.15, 0.2) is 121 Å². The van der Waals surface area contributed by atoms with Crippen molar-refractivity contribution >= 4 is 61.6 Å². The predicted molar refractivity (Wildman–Crippen MR) is 166 cm³/mol. The molecule has 0 saturated carbocycles. The van der Waals surface area contributed by atoms with Crippen molar-refractivity contribution in [3.8, 4) is 5.95 Å². The fourth-order valence-corrected chi connectivity index (χ4v) is 5.99. The van der Waals surface area contributed by atoms with E-state index in [1.807, 2.05) is 12.4 Å². The van der Waals surface area contributed by atoms with Crippen molar-refractivity contribution in [3.05, 3.63) is 127 Å². The van der Waals surface area contributed by atoms with Gasteiger partial charge >= 0.3 is 0 Å². The molecule has 2 aromatic heterocycles. The molecule has 190 valence electrons. The van der Waals surface area contributed by atoms with Crippen LogP contribution in [-0.2, 0) is 6.42 Å². The molecular formula is C35H25N5. The molecule has 2 aliphatic heterocycles. The van der Waals surface area contributed by atoms with Gasteiger partial charge in [-0.05, 0) is 52.7 Å². The Morgan fingerprint density at radius 1 is 0.800 bits per heavy atom. The first kappa shape index (κ1) is 22.7. The molecule has 0 atom stereocenters. The third-order valence-electron chi connectivity index (χ3n) is 7.86. The van der Waals surface area contributed by atoms with E-state index >= 15 is 0 Å². The number of hydrogen-bond donors (Lipinski definition) is 0. The molecule has 0 spiro atoms. The highest BCUT2D eigenvalue weighted by Gasteiger charge is 2.21. The van der Waals surface area contributed by atoms with Crippen molar-refractivity contribution in [1.29, 1.82) is 0 Å². The molecule has 2 aliphatic rings. The molecule has 0 unspecified atom stereocenters. The van der Waals surface area contributed by atoms with Gasteiger partial charge in [0.1, 0.15) is 0 Å². The molecule has 5 nitrogen and oxygen atoms in total. The van der Waals surface area contributed by atoms with Crippen LogP contribution in [0, 0.1) is 0 Å². The van der Waals surface area contributed by atoms with Crippen molar-refractivity contribution < 1.29 is 0 Å². The number of para-hydroxylation sites is 2. The first-order valence-electron chi connectivity index (χ1n) is 13.5. The van der Waals surface area contributed by atoms with Crippen molar-refractivity contribution in [2.75, 3.05) is 11.4 Å². The lowest BCUT2D eigenvalue weighted by atomic mass is 9.94. The number of hydrogen-bond acceptors (Lipinski definition) is 4. The third kappa shape index (κ3) is 3.45. The molecule has 0 aliphatic carbocycles. The summed E-state index contributed by atoms with van der Waals surface area (Å²) < 4.78 is 2.17. The minimum absolute atomic E-state index is 0.632. The van der Waals surface area contributed by atoms with E-state index in [0.29, 0.717) is 5.95 Å². The van der Waals surface area contributed by atoms with Crippen molar-refractivity contribution in [2.24, 2.45) is 4.99 Å². The van der Waals surface area contributed by atoms with Crippen LogP contribution in [-0.4, -0.2) is 27.3 Å². The quantitative estimate of drug-likeness (QED) is 0.233. The van der Waals surface area contributed by atoms with Crippen LogP contribution in [0.25, 0.3) is 44.1 Å². The summed E-state index contributed by atoms with van der Waals surface area (Å²) in [7, 11) is 0. The van der Waals surface area contributed by atoms with E-state index in [2.05, 4.69) is 124 Å². The Morgan fingerprint density at radius 3 is 2.60 bits per heavy atom. The van der Waals surface area contributed by atoms with Crippen LogP contribution in [0.5, 0.6) is 0 Å². The van der Waals surface area contributed by atoms with E-state index in [9.17, 15) is 0 Å². The van der Waals surface area contributed by atoms with E-state index in [0.717, 1.165) is 63.3 Å². The molecule has 6 aromatic rings. The molecule has 8 rings (SSSR count). The molecule has 4 heterocycles. The first-order chi connectivity index (χ1) is 19.8. The number of nitrogens with zero attached hydrogens (tertiary/aromatic N) is 5. The summed E-state index contributed by atoms with van der Waals surface area (Å²) in [5.41, 5.74) is 7.56. The summed E-state index contributed by atoms with van der Waals surface area (Å²) in [4.78, 5) is 16.5.